The highest BCUT2D eigenvalue weighted by atomic mass is 16.5. The Bertz CT molecular complexity index is 229. The van der Waals surface area contributed by atoms with Crippen LogP contribution in [0.2, 0.25) is 0 Å². The summed E-state index contributed by atoms with van der Waals surface area (Å²) < 4.78 is 4.97. The molecule has 0 radical (unpaired) electrons. The summed E-state index contributed by atoms with van der Waals surface area (Å²) in [6.45, 7) is 6.61. The van der Waals surface area contributed by atoms with Crippen molar-refractivity contribution >= 4 is 11.9 Å². The largest absolute Gasteiger partial charge is 0.462 e. The van der Waals surface area contributed by atoms with Crippen molar-refractivity contribution in [2.24, 2.45) is 0 Å². The zero-order valence-electron chi connectivity index (χ0n) is 10.6. The van der Waals surface area contributed by atoms with Crippen LogP contribution in [0.5, 0.6) is 0 Å². The number of nitrogens with zero attached hydrogens (tertiary/aromatic N) is 1. The molecule has 0 bridgehead atoms. The van der Waals surface area contributed by atoms with E-state index >= 15 is 0 Å². The van der Waals surface area contributed by atoms with Gasteiger partial charge in [-0.2, -0.15) is 0 Å². The molecule has 0 atom stereocenters. The summed E-state index contributed by atoms with van der Waals surface area (Å²) in [6.07, 6.45) is 0.792. The number of nitrogens with one attached hydrogen (secondary N) is 1. The molecule has 0 aliphatic carbocycles. The van der Waals surface area contributed by atoms with Crippen LogP contribution in [0.4, 0.5) is 0 Å². The number of ether oxygens (including phenoxy) is 1. The second-order valence-corrected chi connectivity index (χ2v) is 4.06. The molecular weight excluding hydrogens is 208 g/mol. The number of carbonyl (C=O) groups is 2. The predicted molar refractivity (Wildman–Crippen MR) is 62.0 cm³/mol. The topological polar surface area (TPSA) is 58.6 Å². The Balaban J connectivity index is 3.76. The lowest BCUT2D eigenvalue weighted by atomic mass is 10.4. The van der Waals surface area contributed by atoms with Crippen LogP contribution in [0.15, 0.2) is 0 Å². The van der Waals surface area contributed by atoms with E-state index in [2.05, 4.69) is 5.32 Å². The third-order valence-corrected chi connectivity index (χ3v) is 1.75. The van der Waals surface area contributed by atoms with E-state index in [9.17, 15) is 9.59 Å². The number of likely N-dealkylation sites (N-methyl/N-ethyl adjacent to an activating group) is 1. The first-order valence-corrected chi connectivity index (χ1v) is 5.60. The number of rotatable bonds is 7. The van der Waals surface area contributed by atoms with Gasteiger partial charge in [-0.25, -0.2) is 0 Å². The van der Waals surface area contributed by atoms with Gasteiger partial charge in [-0.3, -0.25) is 14.5 Å². The number of esters is 1. The monoisotopic (exact) mass is 230 g/mol. The highest BCUT2D eigenvalue weighted by molar-refractivity contribution is 5.79. The molecule has 0 aliphatic heterocycles. The summed E-state index contributed by atoms with van der Waals surface area (Å²) in [5.41, 5.74) is 0. The maximum Gasteiger partial charge on any atom is 0.320 e. The molecule has 0 unspecified atom stereocenters. The van der Waals surface area contributed by atoms with Crippen molar-refractivity contribution in [2.75, 3.05) is 26.7 Å². The van der Waals surface area contributed by atoms with E-state index in [0.29, 0.717) is 6.54 Å². The zero-order chi connectivity index (χ0) is 12.6. The Morgan fingerprint density at radius 3 is 2.44 bits per heavy atom. The number of carbonyl (C=O) groups excluding carboxylic acids is 2. The lowest BCUT2D eigenvalue weighted by Gasteiger charge is -2.16. The van der Waals surface area contributed by atoms with E-state index in [1.807, 2.05) is 6.92 Å². The first-order valence-electron chi connectivity index (χ1n) is 5.60. The third-order valence-electron chi connectivity index (χ3n) is 1.75. The fourth-order valence-electron chi connectivity index (χ4n) is 1.14. The van der Waals surface area contributed by atoms with Crippen molar-refractivity contribution in [3.63, 3.8) is 0 Å². The minimum absolute atomic E-state index is 0.0679. The van der Waals surface area contributed by atoms with Crippen molar-refractivity contribution in [3.8, 4) is 0 Å². The second-order valence-electron chi connectivity index (χ2n) is 4.06. The van der Waals surface area contributed by atoms with Gasteiger partial charge in [-0.05, 0) is 27.3 Å². The molecule has 1 N–H and O–H groups in total. The molecule has 0 aromatic heterocycles. The van der Waals surface area contributed by atoms with E-state index in [0.717, 1.165) is 6.42 Å². The van der Waals surface area contributed by atoms with Gasteiger partial charge in [0.05, 0.1) is 19.2 Å². The van der Waals surface area contributed by atoms with Crippen LogP contribution in [0.25, 0.3) is 0 Å². The molecule has 5 nitrogen and oxygen atoms in total. The lowest BCUT2D eigenvalue weighted by Crippen LogP contribution is -2.38. The first-order chi connectivity index (χ1) is 7.45. The molecule has 0 saturated carbocycles. The Labute approximate surface area is 97.1 Å². The Kier molecular flexibility index (Phi) is 7.54. The molecule has 0 saturated heterocycles. The molecular formula is C11H22N2O3. The van der Waals surface area contributed by atoms with Crippen LogP contribution in [0.1, 0.15) is 27.2 Å². The van der Waals surface area contributed by atoms with Crippen LogP contribution in [0.3, 0.4) is 0 Å². The molecule has 0 aromatic carbocycles. The summed E-state index contributed by atoms with van der Waals surface area (Å²) >= 11 is 0. The zero-order valence-corrected chi connectivity index (χ0v) is 10.6. The number of hydrogen-bond donors (Lipinski definition) is 1. The summed E-state index contributed by atoms with van der Waals surface area (Å²) in [7, 11) is 1.72. The van der Waals surface area contributed by atoms with E-state index in [4.69, 9.17) is 4.74 Å². The predicted octanol–water partition coefficient (Wildman–Crippen LogP) is 0.396. The van der Waals surface area contributed by atoms with Crippen LogP contribution in [0, 0.1) is 0 Å². The average molecular weight is 230 g/mol. The molecule has 0 rings (SSSR count). The van der Waals surface area contributed by atoms with Gasteiger partial charge < -0.3 is 10.1 Å². The van der Waals surface area contributed by atoms with Crippen LogP contribution < -0.4 is 5.32 Å². The Morgan fingerprint density at radius 1 is 1.31 bits per heavy atom. The second kappa shape index (κ2) is 8.10. The highest BCUT2D eigenvalue weighted by Gasteiger charge is 2.11. The van der Waals surface area contributed by atoms with E-state index in [1.165, 1.54) is 0 Å². The van der Waals surface area contributed by atoms with Gasteiger partial charge in [-0.1, -0.05) is 6.92 Å². The van der Waals surface area contributed by atoms with Crippen molar-refractivity contribution in [3.05, 3.63) is 0 Å². The van der Waals surface area contributed by atoms with Gasteiger partial charge in [0, 0.05) is 6.54 Å². The van der Waals surface area contributed by atoms with Crippen LogP contribution in [-0.2, 0) is 14.3 Å². The number of hydrogen-bond acceptors (Lipinski definition) is 4. The van der Waals surface area contributed by atoms with Gasteiger partial charge >= 0.3 is 5.97 Å². The van der Waals surface area contributed by atoms with Crippen molar-refractivity contribution in [1.29, 1.82) is 0 Å². The fraction of sp³-hybridized carbons (Fsp3) is 0.818. The third kappa shape index (κ3) is 8.23. The Hall–Kier alpha value is -1.10. The van der Waals surface area contributed by atoms with Crippen molar-refractivity contribution < 1.29 is 14.3 Å². The first kappa shape index (κ1) is 14.9. The maximum atomic E-state index is 11.3. The number of amides is 1. The average Bonchev–Trinajstić information content (AvgIpc) is 2.12. The lowest BCUT2D eigenvalue weighted by molar-refractivity contribution is -0.148. The molecule has 1 amide bonds. The minimum Gasteiger partial charge on any atom is -0.462 e. The van der Waals surface area contributed by atoms with E-state index in [1.54, 1.807) is 25.8 Å². The molecule has 0 aromatic rings. The molecule has 0 aliphatic rings. The summed E-state index contributed by atoms with van der Waals surface area (Å²) in [5.74, 6) is -0.373. The molecule has 0 heterocycles. The summed E-state index contributed by atoms with van der Waals surface area (Å²) in [6, 6.07) is 0. The van der Waals surface area contributed by atoms with E-state index in [-0.39, 0.29) is 31.1 Å². The van der Waals surface area contributed by atoms with Crippen LogP contribution >= 0.6 is 0 Å². The molecule has 0 fully saturated rings. The molecule has 0 spiro atoms. The van der Waals surface area contributed by atoms with Gasteiger partial charge in [0.25, 0.3) is 0 Å². The van der Waals surface area contributed by atoms with Gasteiger partial charge in [0.1, 0.15) is 0 Å². The smallest absolute Gasteiger partial charge is 0.320 e. The minimum atomic E-state index is -0.305. The standard InChI is InChI=1S/C11H22N2O3/c1-5-6-12-10(14)7-13(4)8-11(15)16-9(2)3/h9H,5-8H2,1-4H3,(H,12,14). The summed E-state index contributed by atoms with van der Waals surface area (Å²) in [5, 5.41) is 2.74. The highest BCUT2D eigenvalue weighted by Crippen LogP contribution is 1.91. The van der Waals surface area contributed by atoms with Gasteiger partial charge in [0.2, 0.25) is 5.91 Å². The van der Waals surface area contributed by atoms with E-state index < -0.39 is 0 Å². The van der Waals surface area contributed by atoms with Crippen molar-refractivity contribution in [2.45, 2.75) is 33.3 Å². The Morgan fingerprint density at radius 2 is 1.94 bits per heavy atom. The van der Waals surface area contributed by atoms with Gasteiger partial charge in [-0.15, -0.1) is 0 Å². The molecule has 94 valence electrons. The fourth-order valence-corrected chi connectivity index (χ4v) is 1.14. The van der Waals surface area contributed by atoms with Gasteiger partial charge in [0.15, 0.2) is 0 Å². The van der Waals surface area contributed by atoms with Crippen LogP contribution in [-0.4, -0.2) is 49.6 Å². The maximum absolute atomic E-state index is 11.3. The quantitative estimate of drug-likeness (QED) is 0.643. The van der Waals surface area contributed by atoms with Crippen molar-refractivity contribution in [1.82, 2.24) is 10.2 Å². The molecule has 5 heteroatoms. The SMILES string of the molecule is CCCNC(=O)CN(C)CC(=O)OC(C)C. The summed E-state index contributed by atoms with van der Waals surface area (Å²) in [4.78, 5) is 24.2. The molecule has 16 heavy (non-hydrogen) atoms. The normalized spacial score (nSPS) is 10.6.